The fourth-order valence-corrected chi connectivity index (χ4v) is 2.30. The number of carboxylic acid groups (broad SMARTS) is 1. The predicted molar refractivity (Wildman–Crippen MR) is 72.8 cm³/mol. The minimum Gasteiger partial charge on any atom is -0.480 e. The monoisotopic (exact) mass is 256 g/mol. The summed E-state index contributed by atoms with van der Waals surface area (Å²) in [4.78, 5) is 15.8. The van der Waals surface area contributed by atoms with Crippen LogP contribution in [0.1, 0.15) is 24.4 Å². The molecule has 1 unspecified atom stereocenters. The van der Waals surface area contributed by atoms with Gasteiger partial charge in [-0.15, -0.1) is 0 Å². The van der Waals surface area contributed by atoms with E-state index in [1.165, 1.54) is 12.8 Å². The minimum atomic E-state index is -0.848. The normalized spacial score (nSPS) is 16.4. The van der Waals surface area contributed by atoms with Gasteiger partial charge in [0.05, 0.1) is 5.52 Å². The molecule has 2 N–H and O–H groups in total. The maximum Gasteiger partial charge on any atom is 0.325 e. The standard InChI is InChI=1S/C15H16N2O2/c18-15(19)14(17-9-10-6-7-10)12-5-1-3-11-4-2-8-16-13(11)12/h1-5,8,10,14,17H,6-7,9H2,(H,18,19). The quantitative estimate of drug-likeness (QED) is 0.862. The largest absolute Gasteiger partial charge is 0.480 e. The molecule has 1 aliphatic rings. The van der Waals surface area contributed by atoms with Crippen molar-refractivity contribution in [1.82, 2.24) is 10.3 Å². The van der Waals surface area contributed by atoms with Gasteiger partial charge in [0.2, 0.25) is 0 Å². The molecule has 0 saturated heterocycles. The molecular weight excluding hydrogens is 240 g/mol. The van der Waals surface area contributed by atoms with Gasteiger partial charge >= 0.3 is 5.97 Å². The maximum absolute atomic E-state index is 11.5. The van der Waals surface area contributed by atoms with E-state index in [0.29, 0.717) is 5.92 Å². The molecule has 1 saturated carbocycles. The van der Waals surface area contributed by atoms with E-state index in [0.717, 1.165) is 23.0 Å². The van der Waals surface area contributed by atoms with E-state index in [4.69, 9.17) is 0 Å². The first-order chi connectivity index (χ1) is 9.25. The van der Waals surface area contributed by atoms with Gasteiger partial charge in [0.25, 0.3) is 0 Å². The Hall–Kier alpha value is -1.94. The first-order valence-electron chi connectivity index (χ1n) is 6.55. The third-order valence-corrected chi connectivity index (χ3v) is 3.53. The molecule has 0 spiro atoms. The zero-order valence-corrected chi connectivity index (χ0v) is 10.5. The topological polar surface area (TPSA) is 62.2 Å². The molecule has 0 amide bonds. The summed E-state index contributed by atoms with van der Waals surface area (Å²) in [6.45, 7) is 0.764. The Kier molecular flexibility index (Phi) is 3.17. The van der Waals surface area contributed by atoms with Crippen LogP contribution in [0.15, 0.2) is 36.5 Å². The Morgan fingerprint density at radius 1 is 1.37 bits per heavy atom. The van der Waals surface area contributed by atoms with Crippen LogP contribution in [0.5, 0.6) is 0 Å². The average Bonchev–Trinajstić information content (AvgIpc) is 3.23. The second-order valence-electron chi connectivity index (χ2n) is 5.05. The lowest BCUT2D eigenvalue weighted by molar-refractivity contribution is -0.139. The van der Waals surface area contributed by atoms with E-state index in [2.05, 4.69) is 10.3 Å². The number of aromatic nitrogens is 1. The van der Waals surface area contributed by atoms with Crippen LogP contribution in [0.25, 0.3) is 10.9 Å². The van der Waals surface area contributed by atoms with Crippen molar-refractivity contribution in [3.63, 3.8) is 0 Å². The Labute approximate surface area is 111 Å². The van der Waals surface area contributed by atoms with Gasteiger partial charge in [-0.25, -0.2) is 0 Å². The number of nitrogens with zero attached hydrogens (tertiary/aromatic N) is 1. The molecule has 4 nitrogen and oxygen atoms in total. The molecule has 1 aromatic carbocycles. The maximum atomic E-state index is 11.5. The first-order valence-corrected chi connectivity index (χ1v) is 6.55. The molecule has 0 bridgehead atoms. The third-order valence-electron chi connectivity index (χ3n) is 3.53. The highest BCUT2D eigenvalue weighted by Crippen LogP contribution is 2.29. The lowest BCUT2D eigenvalue weighted by atomic mass is 10.0. The number of benzene rings is 1. The Bertz CT molecular complexity index is 603. The van der Waals surface area contributed by atoms with Gasteiger partial charge in [-0.3, -0.25) is 9.78 Å². The predicted octanol–water partition coefficient (Wildman–Crippen LogP) is 2.36. The fourth-order valence-electron chi connectivity index (χ4n) is 2.30. The molecule has 1 fully saturated rings. The van der Waals surface area contributed by atoms with Crippen molar-refractivity contribution in [3.8, 4) is 0 Å². The summed E-state index contributed by atoms with van der Waals surface area (Å²) < 4.78 is 0. The highest BCUT2D eigenvalue weighted by atomic mass is 16.4. The molecule has 2 aromatic rings. The molecule has 98 valence electrons. The molecule has 1 atom stereocenters. The van der Waals surface area contributed by atoms with Crippen LogP contribution in [0.2, 0.25) is 0 Å². The van der Waals surface area contributed by atoms with Gasteiger partial charge in [0.1, 0.15) is 6.04 Å². The highest BCUT2D eigenvalue weighted by molar-refractivity contribution is 5.87. The number of hydrogen-bond donors (Lipinski definition) is 2. The summed E-state index contributed by atoms with van der Waals surface area (Å²) in [5.74, 6) is -0.205. The first kappa shape index (κ1) is 12.1. The van der Waals surface area contributed by atoms with E-state index in [1.807, 2.05) is 30.3 Å². The summed E-state index contributed by atoms with van der Waals surface area (Å²) >= 11 is 0. The van der Waals surface area contributed by atoms with Gasteiger partial charge in [0.15, 0.2) is 0 Å². The molecular formula is C15H16N2O2. The van der Waals surface area contributed by atoms with Crippen molar-refractivity contribution in [3.05, 3.63) is 42.1 Å². The Morgan fingerprint density at radius 2 is 2.16 bits per heavy atom. The molecule has 4 heteroatoms. The second-order valence-corrected chi connectivity index (χ2v) is 5.05. The Morgan fingerprint density at radius 3 is 2.89 bits per heavy atom. The third kappa shape index (κ3) is 2.58. The molecule has 3 rings (SSSR count). The lowest BCUT2D eigenvalue weighted by Gasteiger charge is -2.16. The number of carboxylic acids is 1. The van der Waals surface area contributed by atoms with Crippen molar-refractivity contribution in [2.75, 3.05) is 6.54 Å². The van der Waals surface area contributed by atoms with Crippen molar-refractivity contribution in [2.45, 2.75) is 18.9 Å². The summed E-state index contributed by atoms with van der Waals surface area (Å²) in [5.41, 5.74) is 1.51. The van der Waals surface area contributed by atoms with E-state index in [-0.39, 0.29) is 0 Å². The summed E-state index contributed by atoms with van der Waals surface area (Å²) in [5, 5.41) is 13.6. The van der Waals surface area contributed by atoms with Gasteiger partial charge in [-0.2, -0.15) is 0 Å². The second kappa shape index (κ2) is 4.97. The summed E-state index contributed by atoms with van der Waals surface area (Å²) in [6, 6.07) is 8.80. The number of aliphatic carboxylic acids is 1. The SMILES string of the molecule is O=C(O)C(NCC1CC1)c1cccc2cccnc12. The Balaban J connectivity index is 1.96. The number of hydrogen-bond acceptors (Lipinski definition) is 3. The van der Waals surface area contributed by atoms with Crippen LogP contribution in [-0.2, 0) is 4.79 Å². The highest BCUT2D eigenvalue weighted by Gasteiger charge is 2.26. The number of carbonyl (C=O) groups is 1. The summed E-state index contributed by atoms with van der Waals surface area (Å²) in [7, 11) is 0. The van der Waals surface area contributed by atoms with Crippen molar-refractivity contribution in [1.29, 1.82) is 0 Å². The van der Waals surface area contributed by atoms with Crippen LogP contribution >= 0.6 is 0 Å². The van der Waals surface area contributed by atoms with Crippen molar-refractivity contribution in [2.24, 2.45) is 5.92 Å². The number of nitrogens with one attached hydrogen (secondary N) is 1. The number of fused-ring (bicyclic) bond motifs is 1. The number of para-hydroxylation sites is 1. The van der Waals surface area contributed by atoms with Crippen LogP contribution in [0.3, 0.4) is 0 Å². The van der Waals surface area contributed by atoms with Crippen LogP contribution < -0.4 is 5.32 Å². The molecule has 1 aliphatic carbocycles. The van der Waals surface area contributed by atoms with E-state index in [1.54, 1.807) is 6.20 Å². The zero-order valence-electron chi connectivity index (χ0n) is 10.5. The average molecular weight is 256 g/mol. The van der Waals surface area contributed by atoms with Crippen LogP contribution in [-0.4, -0.2) is 22.6 Å². The fraction of sp³-hybridized carbons (Fsp3) is 0.333. The van der Waals surface area contributed by atoms with Crippen molar-refractivity contribution >= 4 is 16.9 Å². The molecule has 19 heavy (non-hydrogen) atoms. The lowest BCUT2D eigenvalue weighted by Crippen LogP contribution is -2.30. The number of rotatable bonds is 5. The van der Waals surface area contributed by atoms with E-state index < -0.39 is 12.0 Å². The van der Waals surface area contributed by atoms with Gasteiger partial charge in [-0.05, 0) is 31.4 Å². The van der Waals surface area contributed by atoms with Crippen LogP contribution in [0.4, 0.5) is 0 Å². The zero-order chi connectivity index (χ0) is 13.2. The molecule has 1 aromatic heterocycles. The molecule has 0 radical (unpaired) electrons. The summed E-state index contributed by atoms with van der Waals surface area (Å²) in [6.07, 6.45) is 4.10. The van der Waals surface area contributed by atoms with E-state index >= 15 is 0 Å². The smallest absolute Gasteiger partial charge is 0.325 e. The van der Waals surface area contributed by atoms with Crippen LogP contribution in [0, 0.1) is 5.92 Å². The minimum absolute atomic E-state index is 0.643. The van der Waals surface area contributed by atoms with Gasteiger partial charge in [-0.1, -0.05) is 24.3 Å². The molecule has 1 heterocycles. The van der Waals surface area contributed by atoms with Crippen molar-refractivity contribution < 1.29 is 9.90 Å². The van der Waals surface area contributed by atoms with Gasteiger partial charge < -0.3 is 10.4 Å². The molecule has 0 aliphatic heterocycles. The van der Waals surface area contributed by atoms with E-state index in [9.17, 15) is 9.90 Å². The van der Waals surface area contributed by atoms with Gasteiger partial charge in [0, 0.05) is 17.1 Å². The number of pyridine rings is 1.